The Labute approximate surface area is 84.7 Å². The number of hydrogen-bond donors (Lipinski definition) is 2. The van der Waals surface area contributed by atoms with E-state index in [1.165, 1.54) is 12.3 Å². The second-order valence-electron chi connectivity index (χ2n) is 2.40. The fraction of sp³-hybridized carbons (Fsp3) is 0.286. The molecular formula is C7H8ClN3O3. The van der Waals surface area contributed by atoms with Crippen molar-refractivity contribution < 1.29 is 10.0 Å². The van der Waals surface area contributed by atoms with Crippen LogP contribution in [0.2, 0.25) is 5.15 Å². The highest BCUT2D eigenvalue weighted by Crippen LogP contribution is 2.29. The molecule has 1 rings (SSSR count). The highest BCUT2D eigenvalue weighted by atomic mass is 35.5. The van der Waals surface area contributed by atoms with Gasteiger partial charge in [-0.05, 0) is 0 Å². The maximum Gasteiger partial charge on any atom is 0.297 e. The van der Waals surface area contributed by atoms with E-state index >= 15 is 0 Å². The van der Waals surface area contributed by atoms with Gasteiger partial charge in [-0.3, -0.25) is 10.1 Å². The van der Waals surface area contributed by atoms with Crippen molar-refractivity contribution in [2.45, 2.75) is 0 Å². The molecule has 0 aromatic carbocycles. The van der Waals surface area contributed by atoms with Crippen LogP contribution < -0.4 is 5.32 Å². The third kappa shape index (κ3) is 2.30. The van der Waals surface area contributed by atoms with Crippen LogP contribution in [0.5, 0.6) is 0 Å². The van der Waals surface area contributed by atoms with E-state index < -0.39 is 4.92 Å². The number of anilines is 1. The van der Waals surface area contributed by atoms with Crippen molar-refractivity contribution >= 4 is 23.0 Å². The monoisotopic (exact) mass is 217 g/mol. The van der Waals surface area contributed by atoms with E-state index in [2.05, 4.69) is 10.3 Å². The van der Waals surface area contributed by atoms with Gasteiger partial charge in [0.1, 0.15) is 0 Å². The van der Waals surface area contributed by atoms with Gasteiger partial charge in [0.15, 0.2) is 10.8 Å². The first kappa shape index (κ1) is 10.7. The fourth-order valence-corrected chi connectivity index (χ4v) is 1.14. The Morgan fingerprint density at radius 1 is 1.71 bits per heavy atom. The van der Waals surface area contributed by atoms with Crippen LogP contribution in [0.15, 0.2) is 12.3 Å². The lowest BCUT2D eigenvalue weighted by Gasteiger charge is -2.05. The third-order valence-corrected chi connectivity index (χ3v) is 1.78. The molecule has 76 valence electrons. The normalized spacial score (nSPS) is 9.86. The zero-order chi connectivity index (χ0) is 10.6. The smallest absolute Gasteiger partial charge is 0.297 e. The third-order valence-electron chi connectivity index (χ3n) is 1.49. The van der Waals surface area contributed by atoms with Crippen molar-refractivity contribution in [3.63, 3.8) is 0 Å². The van der Waals surface area contributed by atoms with Crippen LogP contribution in [-0.2, 0) is 0 Å². The summed E-state index contributed by atoms with van der Waals surface area (Å²) < 4.78 is 0. The molecule has 0 aliphatic carbocycles. The first-order valence-electron chi connectivity index (χ1n) is 3.80. The van der Waals surface area contributed by atoms with Gasteiger partial charge in [0.2, 0.25) is 0 Å². The van der Waals surface area contributed by atoms with Crippen molar-refractivity contribution in [2.75, 3.05) is 18.5 Å². The number of aromatic nitrogens is 1. The number of pyridine rings is 1. The lowest BCUT2D eigenvalue weighted by Crippen LogP contribution is -2.08. The second kappa shape index (κ2) is 4.73. The number of nitro groups is 1. The standard InChI is InChI=1S/C7H8ClN3O3/c8-7-6(9-3-4-12)5(11(13)14)1-2-10-7/h1-2,9,12H,3-4H2. The van der Waals surface area contributed by atoms with Crippen LogP contribution >= 0.6 is 11.6 Å². The average molecular weight is 218 g/mol. The summed E-state index contributed by atoms with van der Waals surface area (Å²) >= 11 is 5.65. The average Bonchev–Trinajstić information content (AvgIpc) is 2.15. The van der Waals surface area contributed by atoms with E-state index in [1.54, 1.807) is 0 Å². The van der Waals surface area contributed by atoms with Crippen LogP contribution in [0.3, 0.4) is 0 Å². The first-order valence-corrected chi connectivity index (χ1v) is 4.18. The quantitative estimate of drug-likeness (QED) is 0.447. The van der Waals surface area contributed by atoms with Gasteiger partial charge in [0.05, 0.1) is 11.5 Å². The number of rotatable bonds is 4. The topological polar surface area (TPSA) is 88.3 Å². The molecule has 2 N–H and O–H groups in total. The van der Waals surface area contributed by atoms with Gasteiger partial charge in [-0.15, -0.1) is 0 Å². The molecule has 0 saturated carbocycles. The summed E-state index contributed by atoms with van der Waals surface area (Å²) in [4.78, 5) is 13.7. The summed E-state index contributed by atoms with van der Waals surface area (Å²) in [7, 11) is 0. The molecule has 14 heavy (non-hydrogen) atoms. The maximum atomic E-state index is 10.6. The molecule has 0 unspecified atom stereocenters. The predicted octanol–water partition coefficient (Wildman–Crippen LogP) is 1.05. The predicted molar refractivity (Wildman–Crippen MR) is 51.5 cm³/mol. The molecule has 0 bridgehead atoms. The lowest BCUT2D eigenvalue weighted by atomic mass is 10.3. The van der Waals surface area contributed by atoms with Gasteiger partial charge in [0, 0.05) is 18.8 Å². The van der Waals surface area contributed by atoms with Crippen LogP contribution in [0.25, 0.3) is 0 Å². The molecule has 6 nitrogen and oxygen atoms in total. The molecule has 1 aromatic heterocycles. The van der Waals surface area contributed by atoms with Crippen LogP contribution in [-0.4, -0.2) is 28.2 Å². The summed E-state index contributed by atoms with van der Waals surface area (Å²) in [6.07, 6.45) is 1.25. The molecule has 0 amide bonds. The van der Waals surface area contributed by atoms with Gasteiger partial charge in [-0.2, -0.15) is 0 Å². The summed E-state index contributed by atoms with van der Waals surface area (Å²) in [5.41, 5.74) is -0.0216. The van der Waals surface area contributed by atoms with Crippen molar-refractivity contribution in [1.82, 2.24) is 4.98 Å². The SMILES string of the molecule is O=[N+]([O-])c1ccnc(Cl)c1NCCO. The molecule has 0 fully saturated rings. The maximum absolute atomic E-state index is 10.6. The Balaban J connectivity index is 3.02. The molecule has 0 saturated heterocycles. The van der Waals surface area contributed by atoms with Gasteiger partial charge in [0.25, 0.3) is 5.69 Å². The summed E-state index contributed by atoms with van der Waals surface area (Å²) in [6.45, 7) is 0.0502. The Bertz CT molecular complexity index is 345. The highest BCUT2D eigenvalue weighted by molar-refractivity contribution is 6.32. The molecule has 7 heteroatoms. The molecule has 0 aliphatic heterocycles. The van der Waals surface area contributed by atoms with Gasteiger partial charge in [-0.25, -0.2) is 4.98 Å². The van der Waals surface area contributed by atoms with Crippen LogP contribution in [0.1, 0.15) is 0 Å². The second-order valence-corrected chi connectivity index (χ2v) is 2.76. The van der Waals surface area contributed by atoms with E-state index in [0.29, 0.717) is 0 Å². The molecule has 1 aromatic rings. The van der Waals surface area contributed by atoms with Crippen LogP contribution in [0, 0.1) is 10.1 Å². The summed E-state index contributed by atoms with van der Waals surface area (Å²) in [5.74, 6) is 0. The number of nitrogens with zero attached hydrogens (tertiary/aromatic N) is 2. The van der Waals surface area contributed by atoms with Gasteiger partial charge in [-0.1, -0.05) is 11.6 Å². The number of hydrogen-bond acceptors (Lipinski definition) is 5. The Morgan fingerprint density at radius 3 is 3.00 bits per heavy atom. The molecule has 1 heterocycles. The highest BCUT2D eigenvalue weighted by Gasteiger charge is 2.16. The fourth-order valence-electron chi connectivity index (χ4n) is 0.923. The zero-order valence-electron chi connectivity index (χ0n) is 7.11. The Kier molecular flexibility index (Phi) is 3.61. The minimum absolute atomic E-state index is 0.0210. The van der Waals surface area contributed by atoms with Crippen molar-refractivity contribution in [1.29, 1.82) is 0 Å². The van der Waals surface area contributed by atoms with Crippen molar-refractivity contribution in [3.05, 3.63) is 27.5 Å². The van der Waals surface area contributed by atoms with Gasteiger partial charge >= 0.3 is 0 Å². The molecule has 0 atom stereocenters. The lowest BCUT2D eigenvalue weighted by molar-refractivity contribution is -0.384. The van der Waals surface area contributed by atoms with E-state index in [1.807, 2.05) is 0 Å². The number of halogens is 1. The minimum Gasteiger partial charge on any atom is -0.395 e. The van der Waals surface area contributed by atoms with E-state index in [0.717, 1.165) is 0 Å². The first-order chi connectivity index (χ1) is 6.66. The zero-order valence-corrected chi connectivity index (χ0v) is 7.86. The molecular weight excluding hydrogens is 210 g/mol. The Hall–Kier alpha value is -1.40. The van der Waals surface area contributed by atoms with E-state index in [-0.39, 0.29) is 29.7 Å². The Morgan fingerprint density at radius 2 is 2.43 bits per heavy atom. The molecule has 0 aliphatic rings. The van der Waals surface area contributed by atoms with E-state index in [4.69, 9.17) is 16.7 Å². The van der Waals surface area contributed by atoms with Gasteiger partial charge < -0.3 is 10.4 Å². The van der Waals surface area contributed by atoms with Crippen LogP contribution in [0.4, 0.5) is 11.4 Å². The molecule has 0 radical (unpaired) electrons. The number of nitrogens with one attached hydrogen (secondary N) is 1. The minimum atomic E-state index is -0.562. The number of aliphatic hydroxyl groups is 1. The largest absolute Gasteiger partial charge is 0.395 e. The van der Waals surface area contributed by atoms with Crippen molar-refractivity contribution in [3.8, 4) is 0 Å². The number of aliphatic hydroxyl groups excluding tert-OH is 1. The molecule has 0 spiro atoms. The summed E-state index contributed by atoms with van der Waals surface area (Å²) in [6, 6.07) is 1.24. The van der Waals surface area contributed by atoms with Crippen molar-refractivity contribution in [2.24, 2.45) is 0 Å². The van der Waals surface area contributed by atoms with E-state index in [9.17, 15) is 10.1 Å². The summed E-state index contributed by atoms with van der Waals surface area (Å²) in [5, 5.41) is 21.8.